The van der Waals surface area contributed by atoms with Crippen LogP contribution in [0.2, 0.25) is 0 Å². The molecule has 5 heteroatoms. The van der Waals surface area contributed by atoms with Gasteiger partial charge in [0.1, 0.15) is 0 Å². The SMILES string of the molecule is NCC#Cc1ccc(C(=O)N2CCC(CO)C2)s1. The van der Waals surface area contributed by atoms with Crippen LogP contribution in [0.15, 0.2) is 12.1 Å². The number of aliphatic hydroxyl groups is 1. The summed E-state index contributed by atoms with van der Waals surface area (Å²) in [6.45, 7) is 1.86. The van der Waals surface area contributed by atoms with Crippen LogP contribution in [-0.2, 0) is 0 Å². The second kappa shape index (κ2) is 6.01. The Hall–Kier alpha value is -1.35. The lowest BCUT2D eigenvalue weighted by molar-refractivity contribution is 0.0786. The predicted molar refractivity (Wildman–Crippen MR) is 71.3 cm³/mol. The second-order valence-corrected chi connectivity index (χ2v) is 5.34. The molecule has 1 fully saturated rings. The minimum absolute atomic E-state index is 0.0387. The molecule has 0 radical (unpaired) electrons. The zero-order chi connectivity index (χ0) is 13.0. The molecule has 2 rings (SSSR count). The molecular formula is C13H16N2O2S. The standard InChI is InChI=1S/C13H16N2O2S/c14-6-1-2-11-3-4-12(18-11)13(17)15-7-5-10(8-15)9-16/h3-4,10,16H,5-9,14H2. The van der Waals surface area contributed by atoms with E-state index in [1.807, 2.05) is 6.07 Å². The quantitative estimate of drug-likeness (QED) is 0.765. The highest BCUT2D eigenvalue weighted by atomic mass is 32.1. The molecule has 1 aliphatic rings. The molecule has 0 aliphatic carbocycles. The zero-order valence-corrected chi connectivity index (χ0v) is 10.9. The van der Waals surface area contributed by atoms with Crippen LogP contribution in [0.3, 0.4) is 0 Å². The van der Waals surface area contributed by atoms with Crippen molar-refractivity contribution in [2.24, 2.45) is 11.7 Å². The number of hydrogen-bond acceptors (Lipinski definition) is 4. The molecule has 1 aromatic rings. The summed E-state index contributed by atoms with van der Waals surface area (Å²) in [7, 11) is 0. The van der Waals surface area contributed by atoms with Crippen LogP contribution >= 0.6 is 11.3 Å². The normalized spacial score (nSPS) is 18.6. The molecule has 1 aliphatic heterocycles. The minimum atomic E-state index is 0.0387. The predicted octanol–water partition coefficient (Wildman–Crippen LogP) is 0.513. The maximum atomic E-state index is 12.2. The average Bonchev–Trinajstić information content (AvgIpc) is 3.04. The first-order chi connectivity index (χ1) is 8.74. The minimum Gasteiger partial charge on any atom is -0.396 e. The summed E-state index contributed by atoms with van der Waals surface area (Å²) in [6, 6.07) is 3.65. The van der Waals surface area contributed by atoms with Crippen molar-refractivity contribution < 1.29 is 9.90 Å². The molecule has 1 saturated heterocycles. The maximum absolute atomic E-state index is 12.2. The van der Waals surface area contributed by atoms with E-state index in [9.17, 15) is 4.79 Å². The molecule has 0 aromatic carbocycles. The molecule has 3 N–H and O–H groups in total. The van der Waals surface area contributed by atoms with Gasteiger partial charge in [0.15, 0.2) is 0 Å². The van der Waals surface area contributed by atoms with E-state index < -0.39 is 0 Å². The van der Waals surface area contributed by atoms with E-state index in [1.165, 1.54) is 11.3 Å². The highest BCUT2D eigenvalue weighted by molar-refractivity contribution is 7.14. The van der Waals surface area contributed by atoms with Gasteiger partial charge in [-0.2, -0.15) is 0 Å². The van der Waals surface area contributed by atoms with Crippen molar-refractivity contribution in [3.8, 4) is 11.8 Å². The molecule has 4 nitrogen and oxygen atoms in total. The van der Waals surface area contributed by atoms with Crippen molar-refractivity contribution in [1.82, 2.24) is 4.90 Å². The third-order valence-corrected chi connectivity index (χ3v) is 3.95. The molecular weight excluding hydrogens is 248 g/mol. The highest BCUT2D eigenvalue weighted by Crippen LogP contribution is 2.22. The number of carbonyl (C=O) groups is 1. The number of rotatable bonds is 2. The Bertz CT molecular complexity index is 487. The maximum Gasteiger partial charge on any atom is 0.263 e. The molecule has 0 bridgehead atoms. The molecule has 0 spiro atoms. The number of nitrogens with two attached hydrogens (primary N) is 1. The van der Waals surface area contributed by atoms with E-state index >= 15 is 0 Å². The van der Waals surface area contributed by atoms with E-state index in [2.05, 4.69) is 11.8 Å². The molecule has 1 amide bonds. The smallest absolute Gasteiger partial charge is 0.263 e. The number of amides is 1. The Balaban J connectivity index is 2.03. The van der Waals surface area contributed by atoms with E-state index in [4.69, 9.17) is 10.8 Å². The van der Waals surface area contributed by atoms with Crippen molar-refractivity contribution in [3.63, 3.8) is 0 Å². The number of nitrogens with zero attached hydrogens (tertiary/aromatic N) is 1. The Kier molecular flexibility index (Phi) is 4.37. The van der Waals surface area contributed by atoms with Gasteiger partial charge in [-0.1, -0.05) is 11.8 Å². The highest BCUT2D eigenvalue weighted by Gasteiger charge is 2.26. The van der Waals surface area contributed by atoms with Crippen molar-refractivity contribution in [2.75, 3.05) is 26.2 Å². The molecule has 2 heterocycles. The first kappa shape index (κ1) is 13.1. The van der Waals surface area contributed by atoms with Crippen molar-refractivity contribution in [3.05, 3.63) is 21.9 Å². The monoisotopic (exact) mass is 264 g/mol. The van der Waals surface area contributed by atoms with Crippen LogP contribution in [-0.4, -0.2) is 42.2 Å². The van der Waals surface area contributed by atoms with Gasteiger partial charge in [0.25, 0.3) is 5.91 Å². The fourth-order valence-corrected chi connectivity index (χ4v) is 2.83. The molecule has 1 atom stereocenters. The summed E-state index contributed by atoms with van der Waals surface area (Å²) >= 11 is 1.39. The van der Waals surface area contributed by atoms with Crippen LogP contribution in [0.25, 0.3) is 0 Å². The average molecular weight is 264 g/mol. The topological polar surface area (TPSA) is 66.6 Å². The first-order valence-electron chi connectivity index (χ1n) is 5.93. The lowest BCUT2D eigenvalue weighted by Gasteiger charge is -2.14. The summed E-state index contributed by atoms with van der Waals surface area (Å²) in [5, 5.41) is 9.07. The molecule has 0 saturated carbocycles. The fraction of sp³-hybridized carbons (Fsp3) is 0.462. The number of thiophene rings is 1. The van der Waals surface area contributed by atoms with E-state index in [1.54, 1.807) is 11.0 Å². The molecule has 96 valence electrons. The van der Waals surface area contributed by atoms with E-state index in [0.29, 0.717) is 18.0 Å². The van der Waals surface area contributed by atoms with Crippen LogP contribution < -0.4 is 5.73 Å². The van der Waals surface area contributed by atoms with Gasteiger partial charge in [-0.3, -0.25) is 4.79 Å². The van der Waals surface area contributed by atoms with Gasteiger partial charge in [0, 0.05) is 25.6 Å². The fourth-order valence-electron chi connectivity index (χ4n) is 1.98. The van der Waals surface area contributed by atoms with Gasteiger partial charge in [0.2, 0.25) is 0 Å². The van der Waals surface area contributed by atoms with Gasteiger partial charge in [-0.15, -0.1) is 11.3 Å². The second-order valence-electron chi connectivity index (χ2n) is 4.26. The van der Waals surface area contributed by atoms with Crippen molar-refractivity contribution in [2.45, 2.75) is 6.42 Å². The summed E-state index contributed by atoms with van der Waals surface area (Å²) in [4.78, 5) is 15.5. The van der Waals surface area contributed by atoms with Gasteiger partial charge < -0.3 is 15.7 Å². The Morgan fingerprint density at radius 1 is 1.61 bits per heavy atom. The number of aliphatic hydroxyl groups excluding tert-OH is 1. The Morgan fingerprint density at radius 3 is 3.11 bits per heavy atom. The van der Waals surface area contributed by atoms with Gasteiger partial charge >= 0.3 is 0 Å². The lowest BCUT2D eigenvalue weighted by Crippen LogP contribution is -2.28. The zero-order valence-electron chi connectivity index (χ0n) is 10.1. The van der Waals surface area contributed by atoms with Crippen molar-refractivity contribution in [1.29, 1.82) is 0 Å². The van der Waals surface area contributed by atoms with Crippen LogP contribution in [0.4, 0.5) is 0 Å². The Morgan fingerprint density at radius 2 is 2.44 bits per heavy atom. The van der Waals surface area contributed by atoms with Gasteiger partial charge in [-0.25, -0.2) is 0 Å². The van der Waals surface area contributed by atoms with E-state index in [0.717, 1.165) is 17.8 Å². The summed E-state index contributed by atoms with van der Waals surface area (Å²) in [5.41, 5.74) is 5.31. The largest absolute Gasteiger partial charge is 0.396 e. The summed E-state index contributed by atoms with van der Waals surface area (Å²) in [5.74, 6) is 5.96. The molecule has 1 aromatic heterocycles. The van der Waals surface area contributed by atoms with Crippen LogP contribution in [0, 0.1) is 17.8 Å². The number of carbonyl (C=O) groups excluding carboxylic acids is 1. The van der Waals surface area contributed by atoms with Gasteiger partial charge in [0.05, 0.1) is 16.3 Å². The van der Waals surface area contributed by atoms with Crippen molar-refractivity contribution >= 4 is 17.2 Å². The molecule has 1 unspecified atom stereocenters. The van der Waals surface area contributed by atoms with Gasteiger partial charge in [-0.05, 0) is 18.6 Å². The third kappa shape index (κ3) is 2.91. The number of likely N-dealkylation sites (tertiary alicyclic amines) is 1. The van der Waals surface area contributed by atoms with Crippen LogP contribution in [0.5, 0.6) is 0 Å². The third-order valence-electron chi connectivity index (χ3n) is 2.96. The molecule has 18 heavy (non-hydrogen) atoms. The summed E-state index contributed by atoms with van der Waals surface area (Å²) in [6.07, 6.45) is 0.882. The Labute approximate surface area is 110 Å². The van der Waals surface area contributed by atoms with Crippen LogP contribution in [0.1, 0.15) is 21.0 Å². The number of hydrogen-bond donors (Lipinski definition) is 2. The lowest BCUT2D eigenvalue weighted by atomic mass is 10.1. The first-order valence-corrected chi connectivity index (χ1v) is 6.75. The summed E-state index contributed by atoms with van der Waals surface area (Å²) < 4.78 is 0. The van der Waals surface area contributed by atoms with E-state index in [-0.39, 0.29) is 18.4 Å².